The fraction of sp³-hybridized carbons (Fsp3) is 1.00. The fourth-order valence-electron chi connectivity index (χ4n) is 3.87. The van der Waals surface area contributed by atoms with Gasteiger partial charge in [-0.25, -0.2) is 13.1 Å². The summed E-state index contributed by atoms with van der Waals surface area (Å²) in [6.45, 7) is 14.2. The minimum Gasteiger partial charge on any atom is -0.315 e. The molecular weight excluding hydrogens is 284 g/mol. The van der Waals surface area contributed by atoms with Crippen molar-refractivity contribution in [2.45, 2.75) is 78.5 Å². The highest BCUT2D eigenvalue weighted by atomic mass is 32.2. The molecule has 1 fully saturated rings. The highest BCUT2D eigenvalue weighted by Crippen LogP contribution is 2.45. The molecule has 1 saturated carbocycles. The normalized spacial score (nSPS) is 23.9. The summed E-state index contributed by atoms with van der Waals surface area (Å²) in [6, 6.07) is 0.0578. The number of hydrogen-bond acceptors (Lipinski definition) is 3. The van der Waals surface area contributed by atoms with E-state index in [2.05, 4.69) is 44.7 Å². The molecule has 0 aromatic heterocycles. The van der Waals surface area contributed by atoms with Crippen LogP contribution in [0.15, 0.2) is 0 Å². The molecule has 1 unspecified atom stereocenters. The third-order valence-electron chi connectivity index (χ3n) is 4.27. The van der Waals surface area contributed by atoms with E-state index in [1.165, 1.54) is 0 Å². The Morgan fingerprint density at radius 3 is 2.14 bits per heavy atom. The Bertz CT molecular complexity index is 414. The smallest absolute Gasteiger partial charge is 0.215 e. The number of rotatable bonds is 7. The van der Waals surface area contributed by atoms with Crippen molar-refractivity contribution in [3.05, 3.63) is 0 Å². The van der Waals surface area contributed by atoms with E-state index < -0.39 is 15.3 Å². The van der Waals surface area contributed by atoms with Gasteiger partial charge < -0.3 is 5.32 Å². The van der Waals surface area contributed by atoms with E-state index in [0.717, 1.165) is 32.2 Å². The van der Waals surface area contributed by atoms with Crippen molar-refractivity contribution in [2.24, 2.45) is 10.8 Å². The lowest BCUT2D eigenvalue weighted by Crippen LogP contribution is -2.49. The largest absolute Gasteiger partial charge is 0.315 e. The summed E-state index contributed by atoms with van der Waals surface area (Å²) >= 11 is 0. The highest BCUT2D eigenvalue weighted by molar-refractivity contribution is 7.90. The molecule has 21 heavy (non-hydrogen) atoms. The molecule has 0 spiro atoms. The van der Waals surface area contributed by atoms with Crippen molar-refractivity contribution in [1.29, 1.82) is 0 Å². The van der Waals surface area contributed by atoms with Gasteiger partial charge in [0.05, 0.1) is 5.25 Å². The van der Waals surface area contributed by atoms with Gasteiger partial charge in [0.15, 0.2) is 0 Å². The monoisotopic (exact) mass is 318 g/mol. The average molecular weight is 319 g/mol. The summed E-state index contributed by atoms with van der Waals surface area (Å²) in [5, 5.41) is 2.80. The first-order valence-electron chi connectivity index (χ1n) is 8.19. The second-order valence-electron chi connectivity index (χ2n) is 8.29. The van der Waals surface area contributed by atoms with Crippen LogP contribution in [0.3, 0.4) is 0 Å². The quantitative estimate of drug-likeness (QED) is 0.710. The molecule has 0 saturated heterocycles. The van der Waals surface area contributed by atoms with Crippen molar-refractivity contribution in [3.8, 4) is 0 Å². The molecule has 0 aromatic carbocycles. The Morgan fingerprint density at radius 1 is 1.14 bits per heavy atom. The highest BCUT2D eigenvalue weighted by Gasteiger charge is 2.40. The van der Waals surface area contributed by atoms with E-state index in [1.54, 1.807) is 6.92 Å². The second kappa shape index (κ2) is 6.97. The fourth-order valence-corrected chi connectivity index (χ4v) is 5.07. The van der Waals surface area contributed by atoms with Crippen LogP contribution in [-0.2, 0) is 10.0 Å². The Morgan fingerprint density at radius 2 is 1.67 bits per heavy atom. The molecule has 1 rings (SSSR count). The first kappa shape index (κ1) is 18.9. The van der Waals surface area contributed by atoms with Crippen LogP contribution < -0.4 is 10.0 Å². The zero-order chi connectivity index (χ0) is 16.3. The van der Waals surface area contributed by atoms with Crippen LogP contribution in [0.4, 0.5) is 0 Å². The van der Waals surface area contributed by atoms with Gasteiger partial charge in [0.25, 0.3) is 0 Å². The number of hydrogen-bond donors (Lipinski definition) is 2. The van der Waals surface area contributed by atoms with Crippen LogP contribution in [0.1, 0.15) is 67.2 Å². The molecule has 0 bridgehead atoms. The van der Waals surface area contributed by atoms with Crippen molar-refractivity contribution in [3.63, 3.8) is 0 Å². The van der Waals surface area contributed by atoms with Gasteiger partial charge in [0.1, 0.15) is 0 Å². The second-order valence-corrected chi connectivity index (χ2v) is 10.4. The molecule has 0 aliphatic heterocycles. The SMILES string of the molecule is CCCNCC(C)S(=O)(=O)NC1CC(C)(C)CC(C)(C)C1. The molecule has 0 aromatic rings. The lowest BCUT2D eigenvalue weighted by molar-refractivity contribution is 0.0933. The maximum absolute atomic E-state index is 12.5. The Balaban J connectivity index is 2.65. The number of sulfonamides is 1. The molecule has 0 amide bonds. The molecule has 2 N–H and O–H groups in total. The molecule has 1 aliphatic rings. The average Bonchev–Trinajstić information content (AvgIpc) is 2.23. The predicted octanol–water partition coefficient (Wildman–Crippen LogP) is 2.90. The van der Waals surface area contributed by atoms with Gasteiger partial charge in [-0.2, -0.15) is 0 Å². The predicted molar refractivity (Wildman–Crippen MR) is 89.9 cm³/mol. The van der Waals surface area contributed by atoms with Crippen LogP contribution >= 0.6 is 0 Å². The van der Waals surface area contributed by atoms with Gasteiger partial charge in [-0.05, 0) is 50.0 Å². The Kier molecular flexibility index (Phi) is 6.28. The third-order valence-corrected chi connectivity index (χ3v) is 6.16. The van der Waals surface area contributed by atoms with Crippen molar-refractivity contribution < 1.29 is 8.42 Å². The molecule has 1 atom stereocenters. The van der Waals surface area contributed by atoms with E-state index in [4.69, 9.17) is 0 Å². The summed E-state index contributed by atoms with van der Waals surface area (Å²) < 4.78 is 27.9. The molecule has 4 nitrogen and oxygen atoms in total. The first-order chi connectivity index (χ1) is 9.47. The van der Waals surface area contributed by atoms with E-state index in [0.29, 0.717) is 6.54 Å². The van der Waals surface area contributed by atoms with E-state index >= 15 is 0 Å². The van der Waals surface area contributed by atoms with Crippen molar-refractivity contribution in [1.82, 2.24) is 10.0 Å². The Hall–Kier alpha value is -0.130. The third kappa shape index (κ3) is 6.25. The molecule has 126 valence electrons. The minimum atomic E-state index is -3.25. The van der Waals surface area contributed by atoms with E-state index in [1.807, 2.05) is 0 Å². The molecule has 0 heterocycles. The lowest BCUT2D eigenvalue weighted by Gasteiger charge is -2.45. The summed E-state index contributed by atoms with van der Waals surface area (Å²) in [4.78, 5) is 0. The van der Waals surface area contributed by atoms with Crippen molar-refractivity contribution >= 4 is 10.0 Å². The zero-order valence-corrected chi connectivity index (χ0v) is 15.4. The van der Waals surface area contributed by atoms with Gasteiger partial charge in [-0.1, -0.05) is 34.6 Å². The summed E-state index contributed by atoms with van der Waals surface area (Å²) in [6.07, 6.45) is 4.01. The standard InChI is InChI=1S/C16H34N2O2S/c1-7-8-17-11-13(2)21(19,20)18-14-9-15(3,4)12-16(5,6)10-14/h13-14,17-18H,7-12H2,1-6H3. The van der Waals surface area contributed by atoms with E-state index in [9.17, 15) is 8.42 Å². The van der Waals surface area contributed by atoms with Gasteiger partial charge in [0, 0.05) is 12.6 Å². The van der Waals surface area contributed by atoms with Crippen LogP contribution in [0.5, 0.6) is 0 Å². The minimum absolute atomic E-state index is 0.0578. The van der Waals surface area contributed by atoms with Gasteiger partial charge >= 0.3 is 0 Å². The molecule has 1 aliphatic carbocycles. The summed E-state index contributed by atoms with van der Waals surface area (Å²) in [5.74, 6) is 0. The van der Waals surface area contributed by atoms with Crippen molar-refractivity contribution in [2.75, 3.05) is 13.1 Å². The molecular formula is C16H34N2O2S. The van der Waals surface area contributed by atoms with Crippen LogP contribution in [0, 0.1) is 10.8 Å². The topological polar surface area (TPSA) is 58.2 Å². The van der Waals surface area contributed by atoms with Crippen LogP contribution in [0.25, 0.3) is 0 Å². The maximum atomic E-state index is 12.5. The van der Waals surface area contributed by atoms with Gasteiger partial charge in [-0.15, -0.1) is 0 Å². The van der Waals surface area contributed by atoms with E-state index in [-0.39, 0.29) is 16.9 Å². The lowest BCUT2D eigenvalue weighted by atomic mass is 9.64. The van der Waals surface area contributed by atoms with Gasteiger partial charge in [-0.3, -0.25) is 0 Å². The summed E-state index contributed by atoms with van der Waals surface area (Å²) in [7, 11) is -3.25. The van der Waals surface area contributed by atoms with Crippen LogP contribution in [-0.4, -0.2) is 32.8 Å². The molecule has 5 heteroatoms. The Labute approximate surface area is 131 Å². The van der Waals surface area contributed by atoms with Crippen LogP contribution in [0.2, 0.25) is 0 Å². The van der Waals surface area contributed by atoms with Gasteiger partial charge in [0.2, 0.25) is 10.0 Å². The molecule has 0 radical (unpaired) electrons. The number of nitrogens with one attached hydrogen (secondary N) is 2. The maximum Gasteiger partial charge on any atom is 0.215 e. The zero-order valence-electron chi connectivity index (χ0n) is 14.6. The first-order valence-corrected chi connectivity index (χ1v) is 9.74. The summed E-state index contributed by atoms with van der Waals surface area (Å²) in [5.41, 5.74) is 0.386.